The number of aliphatic imine (C=N–C) groups is 1. The van der Waals surface area contributed by atoms with E-state index in [1.807, 2.05) is 13.1 Å². The van der Waals surface area contributed by atoms with Crippen molar-refractivity contribution in [2.24, 2.45) is 10.9 Å². The zero-order chi connectivity index (χ0) is 18.1. The number of nitrogens with zero attached hydrogens (tertiary/aromatic N) is 2. The number of rotatable bonds is 7. The lowest BCUT2D eigenvalue weighted by molar-refractivity contribution is 0.0625. The maximum atomic E-state index is 12.3. The molecule has 0 amide bonds. The van der Waals surface area contributed by atoms with Crippen LogP contribution in [0.5, 0.6) is 0 Å². The molecule has 1 N–H and O–H groups in total. The molecule has 8 heteroatoms. The van der Waals surface area contributed by atoms with Crippen LogP contribution in [-0.4, -0.2) is 65.4 Å². The third kappa shape index (κ3) is 7.40. The Kier molecular flexibility index (Phi) is 10.5. The molecule has 0 atom stereocenters. The molecule has 1 saturated heterocycles. The van der Waals surface area contributed by atoms with Gasteiger partial charge in [0.15, 0.2) is 15.8 Å². The van der Waals surface area contributed by atoms with Crippen molar-refractivity contribution in [1.29, 1.82) is 0 Å². The highest BCUT2D eigenvalue weighted by atomic mass is 127. The Morgan fingerprint density at radius 2 is 1.92 bits per heavy atom. The molecule has 0 spiro atoms. The summed E-state index contributed by atoms with van der Waals surface area (Å²) in [5, 5.41) is 3.15. The van der Waals surface area contributed by atoms with Gasteiger partial charge in [0.05, 0.1) is 10.6 Å². The van der Waals surface area contributed by atoms with Crippen molar-refractivity contribution in [3.05, 3.63) is 30.3 Å². The molecule has 1 heterocycles. The molecule has 26 heavy (non-hydrogen) atoms. The number of hydrogen-bond acceptors (Lipinski definition) is 4. The molecule has 0 bridgehead atoms. The van der Waals surface area contributed by atoms with Crippen LogP contribution in [0.3, 0.4) is 0 Å². The van der Waals surface area contributed by atoms with Gasteiger partial charge in [-0.05, 0) is 37.3 Å². The summed E-state index contributed by atoms with van der Waals surface area (Å²) in [5.74, 6) is 1.48. The molecular weight excluding hydrogens is 465 g/mol. The summed E-state index contributed by atoms with van der Waals surface area (Å²) in [5.41, 5.74) is 0. The minimum absolute atomic E-state index is 0. The maximum absolute atomic E-state index is 12.3. The predicted octanol–water partition coefficient (Wildman–Crippen LogP) is 2.40. The number of hydrogen-bond donors (Lipinski definition) is 1. The van der Waals surface area contributed by atoms with Crippen molar-refractivity contribution in [2.75, 3.05) is 46.2 Å². The van der Waals surface area contributed by atoms with Crippen molar-refractivity contribution in [3.63, 3.8) is 0 Å². The fourth-order valence-corrected chi connectivity index (χ4v) is 4.12. The summed E-state index contributed by atoms with van der Waals surface area (Å²) in [7, 11) is 0.438. The molecular formula is C18H30IN3O3S. The largest absolute Gasteiger partial charge is 0.381 e. The second kappa shape index (κ2) is 11.8. The van der Waals surface area contributed by atoms with E-state index in [0.717, 1.165) is 45.0 Å². The quantitative estimate of drug-likeness (QED) is 0.358. The molecule has 0 aliphatic carbocycles. The topological polar surface area (TPSA) is 71.0 Å². The van der Waals surface area contributed by atoms with Crippen LogP contribution in [0.4, 0.5) is 0 Å². The molecule has 1 aromatic carbocycles. The van der Waals surface area contributed by atoms with E-state index < -0.39 is 9.84 Å². The zero-order valence-corrected chi connectivity index (χ0v) is 18.7. The van der Waals surface area contributed by atoms with Gasteiger partial charge in [-0.25, -0.2) is 8.42 Å². The summed E-state index contributed by atoms with van der Waals surface area (Å²) in [6.07, 6.45) is 3.34. The second-order valence-corrected chi connectivity index (χ2v) is 8.48. The molecule has 0 radical (unpaired) electrons. The highest BCUT2D eigenvalue weighted by Gasteiger charge is 2.17. The third-order valence-corrected chi connectivity index (χ3v) is 6.28. The summed E-state index contributed by atoms with van der Waals surface area (Å²) < 4.78 is 30.0. The SMILES string of the molecule is CN=C(NCCS(=O)(=O)c1ccccc1)N(C)CCC1CCOCC1.I. The average Bonchev–Trinajstić information content (AvgIpc) is 2.65. The Balaban J connectivity index is 0.00000338. The van der Waals surface area contributed by atoms with Crippen LogP contribution in [-0.2, 0) is 14.6 Å². The van der Waals surface area contributed by atoms with Crippen molar-refractivity contribution in [2.45, 2.75) is 24.2 Å². The number of guanidine groups is 1. The number of sulfone groups is 1. The molecule has 1 aliphatic heterocycles. The zero-order valence-electron chi connectivity index (χ0n) is 15.6. The Labute approximate surface area is 174 Å². The van der Waals surface area contributed by atoms with Gasteiger partial charge < -0.3 is 15.0 Å². The number of benzene rings is 1. The molecule has 0 saturated carbocycles. The summed E-state index contributed by atoms with van der Waals surface area (Å²) in [6, 6.07) is 8.55. The van der Waals surface area contributed by atoms with Crippen LogP contribution >= 0.6 is 24.0 Å². The molecule has 148 valence electrons. The van der Waals surface area contributed by atoms with Crippen LogP contribution in [0.2, 0.25) is 0 Å². The number of halogens is 1. The van der Waals surface area contributed by atoms with Crippen LogP contribution in [0.25, 0.3) is 0 Å². The van der Waals surface area contributed by atoms with Gasteiger partial charge in [-0.1, -0.05) is 18.2 Å². The van der Waals surface area contributed by atoms with Crippen LogP contribution in [0, 0.1) is 5.92 Å². The first-order chi connectivity index (χ1) is 12.0. The van der Waals surface area contributed by atoms with Crippen LogP contribution in [0.1, 0.15) is 19.3 Å². The minimum atomic E-state index is -3.27. The minimum Gasteiger partial charge on any atom is -0.381 e. The van der Waals surface area contributed by atoms with E-state index in [2.05, 4.69) is 15.2 Å². The molecule has 2 rings (SSSR count). The first-order valence-corrected chi connectivity index (χ1v) is 10.5. The highest BCUT2D eigenvalue weighted by Crippen LogP contribution is 2.18. The average molecular weight is 495 g/mol. The Morgan fingerprint density at radius 3 is 2.54 bits per heavy atom. The van der Waals surface area contributed by atoms with E-state index in [1.165, 1.54) is 0 Å². The highest BCUT2D eigenvalue weighted by molar-refractivity contribution is 14.0. The van der Waals surface area contributed by atoms with E-state index in [-0.39, 0.29) is 29.7 Å². The summed E-state index contributed by atoms with van der Waals surface area (Å²) in [4.78, 5) is 6.68. The lowest BCUT2D eigenvalue weighted by Gasteiger charge is -2.26. The van der Waals surface area contributed by atoms with Crippen molar-refractivity contribution in [1.82, 2.24) is 10.2 Å². The molecule has 1 aliphatic rings. The van der Waals surface area contributed by atoms with Crippen LogP contribution in [0.15, 0.2) is 40.2 Å². The number of nitrogens with one attached hydrogen (secondary N) is 1. The van der Waals surface area contributed by atoms with Crippen molar-refractivity contribution < 1.29 is 13.2 Å². The Hall–Kier alpha value is -0.870. The fraction of sp³-hybridized carbons (Fsp3) is 0.611. The van der Waals surface area contributed by atoms with E-state index >= 15 is 0 Å². The monoisotopic (exact) mass is 495 g/mol. The van der Waals surface area contributed by atoms with Gasteiger partial charge in [0.25, 0.3) is 0 Å². The molecule has 0 aromatic heterocycles. The van der Waals surface area contributed by atoms with Gasteiger partial charge in [0, 0.05) is 40.4 Å². The van der Waals surface area contributed by atoms with Gasteiger partial charge in [-0.15, -0.1) is 24.0 Å². The second-order valence-electron chi connectivity index (χ2n) is 6.37. The van der Waals surface area contributed by atoms with Gasteiger partial charge in [0.1, 0.15) is 0 Å². The first kappa shape index (κ1) is 23.2. The van der Waals surface area contributed by atoms with Crippen LogP contribution < -0.4 is 5.32 Å². The normalized spacial score (nSPS) is 16.0. The maximum Gasteiger partial charge on any atom is 0.193 e. The van der Waals surface area contributed by atoms with E-state index in [9.17, 15) is 8.42 Å². The Bertz CT molecular complexity index is 647. The van der Waals surface area contributed by atoms with Gasteiger partial charge >= 0.3 is 0 Å². The predicted molar refractivity (Wildman–Crippen MR) is 116 cm³/mol. The summed E-state index contributed by atoms with van der Waals surface area (Å²) >= 11 is 0. The third-order valence-electron chi connectivity index (χ3n) is 4.54. The molecule has 1 fully saturated rings. The van der Waals surface area contributed by atoms with Gasteiger partial charge in [-0.2, -0.15) is 0 Å². The van der Waals surface area contributed by atoms with Crippen molar-refractivity contribution >= 4 is 39.8 Å². The van der Waals surface area contributed by atoms with Gasteiger partial charge in [-0.3, -0.25) is 4.99 Å². The molecule has 1 aromatic rings. The van der Waals surface area contributed by atoms with Gasteiger partial charge in [0.2, 0.25) is 0 Å². The summed E-state index contributed by atoms with van der Waals surface area (Å²) in [6.45, 7) is 2.96. The standard InChI is InChI=1S/C18H29N3O3S.HI/c1-19-18(21(2)12-8-16-9-13-24-14-10-16)20-11-15-25(22,23)17-6-4-3-5-7-17;/h3-7,16H,8-15H2,1-2H3,(H,19,20);1H. The molecule has 6 nitrogen and oxygen atoms in total. The van der Waals surface area contributed by atoms with E-state index in [0.29, 0.717) is 17.4 Å². The lowest BCUT2D eigenvalue weighted by atomic mass is 9.96. The fourth-order valence-electron chi connectivity index (χ4n) is 2.94. The number of ether oxygens (including phenoxy) is 1. The molecule has 0 unspecified atom stereocenters. The first-order valence-electron chi connectivity index (χ1n) is 8.80. The smallest absolute Gasteiger partial charge is 0.193 e. The van der Waals surface area contributed by atoms with E-state index in [4.69, 9.17) is 4.74 Å². The lowest BCUT2D eigenvalue weighted by Crippen LogP contribution is -2.41. The van der Waals surface area contributed by atoms with E-state index in [1.54, 1.807) is 31.3 Å². The van der Waals surface area contributed by atoms with Crippen molar-refractivity contribution in [3.8, 4) is 0 Å². The Morgan fingerprint density at radius 1 is 1.27 bits per heavy atom.